The van der Waals surface area contributed by atoms with Crippen LogP contribution in [0, 0.1) is 5.82 Å². The van der Waals surface area contributed by atoms with Gasteiger partial charge in [-0.25, -0.2) is 4.39 Å². The number of benzene rings is 2. The summed E-state index contributed by atoms with van der Waals surface area (Å²) in [6.07, 6.45) is 10.3. The summed E-state index contributed by atoms with van der Waals surface area (Å²) >= 11 is 6.64. The Morgan fingerprint density at radius 3 is 2.72 bits per heavy atom. The van der Waals surface area contributed by atoms with E-state index < -0.39 is 5.82 Å². The van der Waals surface area contributed by atoms with Crippen molar-refractivity contribution in [1.29, 1.82) is 0 Å². The fraction of sp³-hybridized carbons (Fsp3) is 0.405. The summed E-state index contributed by atoms with van der Waals surface area (Å²) in [6.45, 7) is 5.50. The summed E-state index contributed by atoms with van der Waals surface area (Å²) in [4.78, 5) is 37.8. The van der Waals surface area contributed by atoms with Gasteiger partial charge in [0.2, 0.25) is 5.91 Å². The maximum atomic E-state index is 16.8. The monoisotopic (exact) mass is 696 g/mol. The van der Waals surface area contributed by atoms with Crippen molar-refractivity contribution in [1.82, 2.24) is 34.9 Å². The summed E-state index contributed by atoms with van der Waals surface area (Å²) in [6, 6.07) is 11.3. The van der Waals surface area contributed by atoms with Crippen molar-refractivity contribution in [3.63, 3.8) is 0 Å². The Hall–Kier alpha value is -4.68. The number of nitrogens with zero attached hydrogens (tertiary/aromatic N) is 8. The minimum absolute atomic E-state index is 0.0365. The number of carbonyl (C=O) groups excluding carboxylic acids is 1. The molecule has 0 saturated carbocycles. The minimum Gasteiger partial charge on any atom is -0.461 e. The first-order chi connectivity index (χ1) is 24.3. The van der Waals surface area contributed by atoms with Gasteiger partial charge in [0, 0.05) is 66.9 Å². The molecule has 1 atom stereocenters. The van der Waals surface area contributed by atoms with Gasteiger partial charge in [-0.05, 0) is 56.6 Å². The van der Waals surface area contributed by atoms with Crippen LogP contribution in [-0.2, 0) is 11.2 Å². The van der Waals surface area contributed by atoms with Crippen LogP contribution in [-0.4, -0.2) is 92.2 Å². The third kappa shape index (κ3) is 5.83. The smallest absolute Gasteiger partial charge is 0.319 e. The molecule has 11 nitrogen and oxygen atoms in total. The first-order valence-corrected chi connectivity index (χ1v) is 17.7. The van der Waals surface area contributed by atoms with E-state index in [1.165, 1.54) is 12.2 Å². The first-order valence-electron chi connectivity index (χ1n) is 17.3. The molecular formula is C37H38ClFN8O3. The molecule has 50 heavy (non-hydrogen) atoms. The lowest BCUT2D eigenvalue weighted by Crippen LogP contribution is -2.43. The number of aryl methyl sites for hydroxylation is 1. The summed E-state index contributed by atoms with van der Waals surface area (Å²) in [5.41, 5.74) is 0.825. The molecule has 0 spiro atoms. The second kappa shape index (κ2) is 13.2. The molecule has 0 aliphatic carbocycles. The van der Waals surface area contributed by atoms with Crippen LogP contribution in [0.4, 0.5) is 10.2 Å². The molecule has 0 N–H and O–H groups in total. The van der Waals surface area contributed by atoms with Gasteiger partial charge in [-0.15, -0.1) is 0 Å². The van der Waals surface area contributed by atoms with Crippen LogP contribution in [0.5, 0.6) is 6.01 Å². The molecule has 0 bridgehead atoms. The Bertz CT molecular complexity index is 2110. The van der Waals surface area contributed by atoms with Crippen molar-refractivity contribution < 1.29 is 18.4 Å². The van der Waals surface area contributed by atoms with Gasteiger partial charge in [0.1, 0.15) is 23.6 Å². The Morgan fingerprint density at radius 2 is 1.94 bits per heavy atom. The number of hydrogen-bond donors (Lipinski definition) is 0. The molecule has 258 valence electrons. The standard InChI is InChI=1S/C37H38ClFN8O3/c1-3-28-41-29(50-44-28)12-13-30(48)46-19-14-24(21-46)45(2)35-26-20-40-33(25-10-4-8-23-9-5-11-27(38)31(23)25)32(39)34(26)42-36(43-35)49-22-37-15-6-17-47(37)18-7-16-37/h4-5,8-13,20,24H,3,6-7,14-19,21-22H2,1-2H3/b13-12+. The molecule has 1 unspecified atom stereocenters. The van der Waals surface area contributed by atoms with E-state index in [-0.39, 0.29) is 34.7 Å². The third-order valence-corrected chi connectivity index (χ3v) is 10.9. The molecule has 3 fully saturated rings. The first kappa shape index (κ1) is 32.5. The van der Waals surface area contributed by atoms with E-state index in [4.69, 9.17) is 25.8 Å². The minimum atomic E-state index is -0.570. The van der Waals surface area contributed by atoms with E-state index in [0.29, 0.717) is 66.0 Å². The SMILES string of the molecule is CCc1noc(/C=C/C(=O)N2CCC(N(C)c3nc(OCC45CCCN4CCC5)nc4c(F)c(-c5cccc6cccc(Cl)c56)ncc34)C2)n1. The van der Waals surface area contributed by atoms with Crippen molar-refractivity contribution in [2.24, 2.45) is 0 Å². The maximum absolute atomic E-state index is 16.8. The number of halogens is 2. The molecule has 3 aliphatic rings. The number of likely N-dealkylation sites (tertiary alicyclic amines) is 1. The highest BCUT2D eigenvalue weighted by Crippen LogP contribution is 2.40. The van der Waals surface area contributed by atoms with Gasteiger partial charge in [0.15, 0.2) is 11.6 Å². The maximum Gasteiger partial charge on any atom is 0.319 e. The third-order valence-electron chi connectivity index (χ3n) is 10.6. The van der Waals surface area contributed by atoms with Crippen LogP contribution in [0.3, 0.4) is 0 Å². The van der Waals surface area contributed by atoms with Gasteiger partial charge in [-0.2, -0.15) is 15.0 Å². The lowest BCUT2D eigenvalue weighted by Gasteiger charge is -2.31. The number of aromatic nitrogens is 5. The Morgan fingerprint density at radius 1 is 1.14 bits per heavy atom. The average Bonchev–Trinajstić information content (AvgIpc) is 3.94. The lowest BCUT2D eigenvalue weighted by molar-refractivity contribution is -0.124. The molecule has 3 aromatic heterocycles. The number of pyridine rings is 1. The van der Waals surface area contributed by atoms with Crippen molar-refractivity contribution in [3.8, 4) is 17.3 Å². The molecule has 0 radical (unpaired) electrons. The van der Waals surface area contributed by atoms with Gasteiger partial charge < -0.3 is 19.1 Å². The molecule has 6 heterocycles. The average molecular weight is 697 g/mol. The molecule has 5 aromatic rings. The van der Waals surface area contributed by atoms with E-state index in [1.54, 1.807) is 17.2 Å². The zero-order valence-corrected chi connectivity index (χ0v) is 28.9. The molecule has 3 saturated heterocycles. The second-order valence-electron chi connectivity index (χ2n) is 13.4. The van der Waals surface area contributed by atoms with Crippen molar-refractivity contribution in [2.75, 3.05) is 44.7 Å². The predicted octanol–water partition coefficient (Wildman–Crippen LogP) is 6.34. The highest BCUT2D eigenvalue weighted by Gasteiger charge is 2.45. The predicted molar refractivity (Wildman–Crippen MR) is 190 cm³/mol. The Kier molecular flexibility index (Phi) is 8.60. The van der Waals surface area contributed by atoms with Crippen LogP contribution in [0.25, 0.3) is 39.0 Å². The molecule has 1 amide bonds. The number of hydrogen-bond acceptors (Lipinski definition) is 10. The van der Waals surface area contributed by atoms with Gasteiger partial charge in [-0.1, -0.05) is 54.0 Å². The number of amides is 1. The van der Waals surface area contributed by atoms with E-state index in [2.05, 4.69) is 25.0 Å². The molecule has 13 heteroatoms. The quantitative estimate of drug-likeness (QED) is 0.162. The zero-order chi connectivity index (χ0) is 34.4. The van der Waals surface area contributed by atoms with Crippen LogP contribution < -0.4 is 9.64 Å². The second-order valence-corrected chi connectivity index (χ2v) is 13.8. The molecule has 2 aromatic carbocycles. The summed E-state index contributed by atoms with van der Waals surface area (Å²) in [5.74, 6) is 0.651. The van der Waals surface area contributed by atoms with Crippen LogP contribution in [0.15, 0.2) is 53.2 Å². The fourth-order valence-electron chi connectivity index (χ4n) is 7.85. The van der Waals surface area contributed by atoms with Gasteiger partial charge in [-0.3, -0.25) is 14.7 Å². The molecular weight excluding hydrogens is 659 g/mol. The van der Waals surface area contributed by atoms with E-state index >= 15 is 4.39 Å². The van der Waals surface area contributed by atoms with Crippen molar-refractivity contribution in [2.45, 2.75) is 57.0 Å². The number of carbonyl (C=O) groups is 1. The van der Waals surface area contributed by atoms with Gasteiger partial charge >= 0.3 is 6.01 Å². The van der Waals surface area contributed by atoms with Gasteiger partial charge in [0.05, 0.1) is 10.9 Å². The van der Waals surface area contributed by atoms with Crippen molar-refractivity contribution >= 4 is 51.1 Å². The number of likely N-dealkylation sites (N-methyl/N-ethyl adjacent to an activating group) is 1. The number of rotatable bonds is 9. The van der Waals surface area contributed by atoms with E-state index in [9.17, 15) is 4.79 Å². The largest absolute Gasteiger partial charge is 0.461 e. The highest BCUT2D eigenvalue weighted by molar-refractivity contribution is 6.36. The molecule has 3 aliphatic heterocycles. The van der Waals surface area contributed by atoms with Crippen LogP contribution in [0.2, 0.25) is 5.02 Å². The highest BCUT2D eigenvalue weighted by atomic mass is 35.5. The van der Waals surface area contributed by atoms with Crippen molar-refractivity contribution in [3.05, 3.63) is 71.2 Å². The summed E-state index contributed by atoms with van der Waals surface area (Å²) in [7, 11) is 1.91. The zero-order valence-electron chi connectivity index (χ0n) is 28.1. The topological polar surface area (TPSA) is 114 Å². The normalized spacial score (nSPS) is 18.9. The van der Waals surface area contributed by atoms with E-state index in [1.807, 2.05) is 49.2 Å². The Labute approximate surface area is 294 Å². The van der Waals surface area contributed by atoms with Gasteiger partial charge in [0.25, 0.3) is 5.89 Å². The molecule has 8 rings (SSSR count). The number of ether oxygens (including phenoxy) is 1. The number of fused-ring (bicyclic) bond motifs is 3. The van der Waals surface area contributed by atoms with Crippen LogP contribution >= 0.6 is 11.6 Å². The van der Waals surface area contributed by atoms with E-state index in [0.717, 1.165) is 49.5 Å². The summed E-state index contributed by atoms with van der Waals surface area (Å²) < 4.78 is 28.4. The fourth-order valence-corrected chi connectivity index (χ4v) is 8.14. The lowest BCUT2D eigenvalue weighted by atomic mass is 9.95. The Balaban J connectivity index is 1.13. The number of anilines is 1. The van der Waals surface area contributed by atoms with Crippen LogP contribution in [0.1, 0.15) is 50.7 Å². The summed E-state index contributed by atoms with van der Waals surface area (Å²) in [5, 5.41) is 6.46.